The lowest BCUT2D eigenvalue weighted by atomic mass is 9.81. The van der Waals surface area contributed by atoms with Crippen LogP contribution in [0.3, 0.4) is 0 Å². The minimum absolute atomic E-state index is 0.0708. The van der Waals surface area contributed by atoms with Crippen LogP contribution in [0.5, 0.6) is 0 Å². The minimum atomic E-state index is 0.0708. The number of nitrogens with two attached hydrogens (primary N) is 1. The molecule has 0 heterocycles. The molecule has 0 rings (SSSR count). The molecule has 1 heteroatoms. The summed E-state index contributed by atoms with van der Waals surface area (Å²) in [6, 6.07) is 0. The van der Waals surface area contributed by atoms with Crippen LogP contribution in [0.25, 0.3) is 0 Å². The van der Waals surface area contributed by atoms with Crippen molar-refractivity contribution in [3.05, 3.63) is 35.6 Å². The Hall–Kier alpha value is -0.980. The number of allylic oxidation sites excluding steroid dienone is 4. The Morgan fingerprint density at radius 2 is 1.44 bits per heavy atom. The van der Waals surface area contributed by atoms with E-state index >= 15 is 0 Å². The number of hydrogen-bond donors (Lipinski definition) is 1. The highest BCUT2D eigenvalue weighted by molar-refractivity contribution is 5.38. The molecule has 1 nitrogen and oxygen atoms in total. The van der Waals surface area contributed by atoms with Crippen LogP contribution in [0.15, 0.2) is 35.6 Å². The second-order valence-electron chi connectivity index (χ2n) is 6.33. The van der Waals surface area contributed by atoms with Gasteiger partial charge in [0.25, 0.3) is 0 Å². The van der Waals surface area contributed by atoms with E-state index in [1.807, 2.05) is 13.0 Å². The molecule has 0 saturated carbocycles. The van der Waals surface area contributed by atoms with Crippen molar-refractivity contribution in [1.29, 1.82) is 0 Å². The number of hydrogen-bond acceptors (Lipinski definition) is 1. The summed E-state index contributed by atoms with van der Waals surface area (Å²) in [5.74, 6) is 0. The predicted molar refractivity (Wildman–Crippen MR) is 74.1 cm³/mol. The van der Waals surface area contributed by atoms with Crippen LogP contribution < -0.4 is 5.73 Å². The lowest BCUT2D eigenvalue weighted by molar-refractivity contribution is 0.503. The molecule has 16 heavy (non-hydrogen) atoms. The lowest BCUT2D eigenvalue weighted by Crippen LogP contribution is -2.17. The SMILES string of the molecule is C=C(/C=C(N)\C(=C/C)C(C)(C)C)C(C)(C)C. The molecule has 0 amide bonds. The topological polar surface area (TPSA) is 26.0 Å². The Labute approximate surface area is 101 Å². The molecule has 0 fully saturated rings. The molecule has 0 radical (unpaired) electrons. The van der Waals surface area contributed by atoms with Gasteiger partial charge in [-0.05, 0) is 35.0 Å². The van der Waals surface area contributed by atoms with Crippen LogP contribution in [0.1, 0.15) is 48.5 Å². The van der Waals surface area contributed by atoms with Crippen molar-refractivity contribution in [1.82, 2.24) is 0 Å². The van der Waals surface area contributed by atoms with Gasteiger partial charge >= 0.3 is 0 Å². The molecule has 0 aliphatic rings. The highest BCUT2D eigenvalue weighted by Crippen LogP contribution is 2.31. The third-order valence-electron chi connectivity index (χ3n) is 2.70. The quantitative estimate of drug-likeness (QED) is 0.686. The Kier molecular flexibility index (Phi) is 4.60. The van der Waals surface area contributed by atoms with E-state index in [0.29, 0.717) is 0 Å². The summed E-state index contributed by atoms with van der Waals surface area (Å²) in [4.78, 5) is 0. The van der Waals surface area contributed by atoms with Gasteiger partial charge in [0.15, 0.2) is 0 Å². The van der Waals surface area contributed by atoms with Crippen molar-refractivity contribution in [3.8, 4) is 0 Å². The Morgan fingerprint density at radius 3 is 1.69 bits per heavy atom. The fourth-order valence-electron chi connectivity index (χ4n) is 1.51. The van der Waals surface area contributed by atoms with E-state index in [1.165, 1.54) is 5.57 Å². The van der Waals surface area contributed by atoms with Gasteiger partial charge in [-0.1, -0.05) is 54.2 Å². The summed E-state index contributed by atoms with van der Waals surface area (Å²) in [6.07, 6.45) is 4.09. The molecular formula is C15H27N. The summed E-state index contributed by atoms with van der Waals surface area (Å²) in [5, 5.41) is 0. The monoisotopic (exact) mass is 221 g/mol. The highest BCUT2D eigenvalue weighted by atomic mass is 14.6. The third-order valence-corrected chi connectivity index (χ3v) is 2.70. The minimum Gasteiger partial charge on any atom is -0.398 e. The average molecular weight is 221 g/mol. The van der Waals surface area contributed by atoms with E-state index in [1.54, 1.807) is 0 Å². The highest BCUT2D eigenvalue weighted by Gasteiger charge is 2.20. The summed E-state index contributed by atoms with van der Waals surface area (Å²) < 4.78 is 0. The molecule has 0 aliphatic carbocycles. The van der Waals surface area contributed by atoms with E-state index in [9.17, 15) is 0 Å². The van der Waals surface area contributed by atoms with Gasteiger partial charge in [0.2, 0.25) is 0 Å². The molecule has 0 aliphatic heterocycles. The van der Waals surface area contributed by atoms with Gasteiger partial charge in [-0.2, -0.15) is 0 Å². The zero-order valence-electron chi connectivity index (χ0n) is 11.9. The summed E-state index contributed by atoms with van der Waals surface area (Å²) >= 11 is 0. The van der Waals surface area contributed by atoms with Crippen molar-refractivity contribution in [2.24, 2.45) is 16.6 Å². The summed E-state index contributed by atoms with van der Waals surface area (Å²) in [7, 11) is 0. The lowest BCUT2D eigenvalue weighted by Gasteiger charge is -2.25. The van der Waals surface area contributed by atoms with Gasteiger partial charge in [0, 0.05) is 5.70 Å². The maximum absolute atomic E-state index is 6.14. The van der Waals surface area contributed by atoms with Gasteiger partial charge in [0.1, 0.15) is 0 Å². The maximum atomic E-state index is 6.14. The first kappa shape index (κ1) is 15.0. The van der Waals surface area contributed by atoms with Gasteiger partial charge in [0.05, 0.1) is 0 Å². The molecule has 92 valence electrons. The van der Waals surface area contributed by atoms with Crippen molar-refractivity contribution < 1.29 is 0 Å². The largest absolute Gasteiger partial charge is 0.398 e. The molecule has 0 atom stereocenters. The molecular weight excluding hydrogens is 194 g/mol. The molecule has 2 N–H and O–H groups in total. The van der Waals surface area contributed by atoms with E-state index in [2.05, 4.69) is 54.2 Å². The first-order chi connectivity index (χ1) is 7.00. The Balaban J connectivity index is 5.15. The average Bonchev–Trinajstić information content (AvgIpc) is 2.00. The van der Waals surface area contributed by atoms with E-state index < -0.39 is 0 Å². The zero-order valence-corrected chi connectivity index (χ0v) is 11.9. The number of rotatable bonds is 2. The van der Waals surface area contributed by atoms with Gasteiger partial charge in [-0.3, -0.25) is 0 Å². The second-order valence-corrected chi connectivity index (χ2v) is 6.33. The molecule has 0 aromatic heterocycles. The standard InChI is InChI=1S/C15H27N/c1-9-12(15(6,7)8)13(16)10-11(2)14(3,4)5/h9-10H,2,16H2,1,3-8H3/b12-9+,13-10+. The third kappa shape index (κ3) is 4.26. The van der Waals surface area contributed by atoms with Crippen molar-refractivity contribution in [2.75, 3.05) is 0 Å². The van der Waals surface area contributed by atoms with Crippen molar-refractivity contribution >= 4 is 0 Å². The molecule has 0 unspecified atom stereocenters. The van der Waals surface area contributed by atoms with Crippen LogP contribution in [-0.4, -0.2) is 0 Å². The van der Waals surface area contributed by atoms with Gasteiger partial charge < -0.3 is 5.73 Å². The van der Waals surface area contributed by atoms with E-state index in [-0.39, 0.29) is 10.8 Å². The molecule has 0 aromatic carbocycles. The molecule has 0 bridgehead atoms. The molecule has 0 spiro atoms. The maximum Gasteiger partial charge on any atom is 0.0351 e. The van der Waals surface area contributed by atoms with E-state index in [4.69, 9.17) is 5.73 Å². The van der Waals surface area contributed by atoms with Crippen LogP contribution in [-0.2, 0) is 0 Å². The molecule has 0 aromatic rings. The summed E-state index contributed by atoms with van der Waals surface area (Å²) in [5.41, 5.74) is 9.36. The fourth-order valence-corrected chi connectivity index (χ4v) is 1.51. The Bertz CT molecular complexity index is 316. The van der Waals surface area contributed by atoms with Crippen LogP contribution in [0.2, 0.25) is 0 Å². The second kappa shape index (κ2) is 4.90. The molecule has 0 saturated heterocycles. The summed E-state index contributed by atoms with van der Waals surface area (Å²) in [6.45, 7) is 19.1. The van der Waals surface area contributed by atoms with Crippen molar-refractivity contribution in [3.63, 3.8) is 0 Å². The van der Waals surface area contributed by atoms with Crippen molar-refractivity contribution in [2.45, 2.75) is 48.5 Å². The first-order valence-corrected chi connectivity index (χ1v) is 5.84. The van der Waals surface area contributed by atoms with Gasteiger partial charge in [-0.15, -0.1) is 0 Å². The fraction of sp³-hybridized carbons (Fsp3) is 0.600. The first-order valence-electron chi connectivity index (χ1n) is 5.84. The van der Waals surface area contributed by atoms with Gasteiger partial charge in [-0.25, -0.2) is 0 Å². The zero-order chi connectivity index (χ0) is 13.1. The van der Waals surface area contributed by atoms with E-state index in [0.717, 1.165) is 11.3 Å². The Morgan fingerprint density at radius 1 is 1.00 bits per heavy atom. The normalized spacial score (nSPS) is 15.2. The predicted octanol–water partition coefficient (Wildman–Crippen LogP) is 4.42. The smallest absolute Gasteiger partial charge is 0.0351 e. The van der Waals surface area contributed by atoms with Crippen LogP contribution >= 0.6 is 0 Å². The van der Waals surface area contributed by atoms with Crippen LogP contribution in [0.4, 0.5) is 0 Å². The van der Waals surface area contributed by atoms with Crippen LogP contribution in [0, 0.1) is 10.8 Å².